The van der Waals surface area contributed by atoms with Gasteiger partial charge in [-0.25, -0.2) is 4.98 Å². The van der Waals surface area contributed by atoms with Crippen LogP contribution in [0.15, 0.2) is 60.0 Å². The van der Waals surface area contributed by atoms with Gasteiger partial charge in [-0.2, -0.15) is 0 Å². The van der Waals surface area contributed by atoms with Gasteiger partial charge in [-0.05, 0) is 12.5 Å². The van der Waals surface area contributed by atoms with E-state index < -0.39 is 0 Å². The van der Waals surface area contributed by atoms with Gasteiger partial charge in [0, 0.05) is 10.9 Å². The van der Waals surface area contributed by atoms with E-state index in [-0.39, 0.29) is 19.0 Å². The van der Waals surface area contributed by atoms with Gasteiger partial charge in [-0.3, -0.25) is 4.79 Å². The molecule has 1 aromatic heterocycles. The highest BCUT2D eigenvalue weighted by molar-refractivity contribution is 7.13. The van der Waals surface area contributed by atoms with Crippen molar-refractivity contribution in [3.63, 3.8) is 0 Å². The highest BCUT2D eigenvalue weighted by Gasteiger charge is 2.08. The Bertz CT molecular complexity index is 779. The predicted molar refractivity (Wildman–Crippen MR) is 92.2 cm³/mol. The van der Waals surface area contributed by atoms with E-state index in [4.69, 9.17) is 4.74 Å². The number of benzene rings is 2. The summed E-state index contributed by atoms with van der Waals surface area (Å²) in [5.41, 5.74) is 4.05. The smallest absolute Gasteiger partial charge is 0.310 e. The van der Waals surface area contributed by atoms with Crippen molar-refractivity contribution in [2.75, 3.05) is 0 Å². The largest absolute Gasteiger partial charge is 0.459 e. The summed E-state index contributed by atoms with van der Waals surface area (Å²) in [5, 5.41) is 2.88. The lowest BCUT2D eigenvalue weighted by Crippen LogP contribution is -2.08. The molecule has 0 saturated heterocycles. The first-order valence-corrected chi connectivity index (χ1v) is 8.30. The maximum atomic E-state index is 11.9. The van der Waals surface area contributed by atoms with Gasteiger partial charge < -0.3 is 4.74 Å². The van der Waals surface area contributed by atoms with Gasteiger partial charge in [0.15, 0.2) is 0 Å². The number of aromatic nitrogens is 1. The molecular formula is C19H17NO2S. The third-order valence-electron chi connectivity index (χ3n) is 3.42. The van der Waals surface area contributed by atoms with E-state index in [1.807, 2.05) is 35.7 Å². The summed E-state index contributed by atoms with van der Waals surface area (Å²) in [5.74, 6) is -0.235. The fourth-order valence-corrected chi connectivity index (χ4v) is 2.98. The van der Waals surface area contributed by atoms with Crippen LogP contribution >= 0.6 is 11.3 Å². The maximum Gasteiger partial charge on any atom is 0.310 e. The van der Waals surface area contributed by atoms with Crippen LogP contribution < -0.4 is 0 Å². The monoisotopic (exact) mass is 323 g/mol. The van der Waals surface area contributed by atoms with Crippen LogP contribution in [0.4, 0.5) is 0 Å². The summed E-state index contributed by atoms with van der Waals surface area (Å²) in [4.78, 5) is 16.4. The van der Waals surface area contributed by atoms with Crippen LogP contribution in [0.5, 0.6) is 0 Å². The topological polar surface area (TPSA) is 39.2 Å². The number of thiazole rings is 1. The van der Waals surface area contributed by atoms with E-state index in [2.05, 4.69) is 36.2 Å². The number of esters is 1. The second-order valence-corrected chi connectivity index (χ2v) is 6.19. The van der Waals surface area contributed by atoms with Crippen LogP contribution in [0.25, 0.3) is 10.6 Å². The van der Waals surface area contributed by atoms with Crippen LogP contribution in [0, 0.1) is 6.92 Å². The Balaban J connectivity index is 1.57. The standard InChI is InChI=1S/C19H17NO2S/c1-14-7-9-16(10-8-14)19-20-17(13-23-19)12-22-18(21)11-15-5-3-2-4-6-15/h2-10,13H,11-12H2,1H3. The molecule has 2 aromatic carbocycles. The maximum absolute atomic E-state index is 11.9. The zero-order chi connectivity index (χ0) is 16.1. The van der Waals surface area contributed by atoms with Crippen molar-refractivity contribution in [1.82, 2.24) is 4.98 Å². The van der Waals surface area contributed by atoms with Crippen molar-refractivity contribution in [3.8, 4) is 10.6 Å². The third-order valence-corrected chi connectivity index (χ3v) is 4.36. The Morgan fingerprint density at radius 3 is 2.57 bits per heavy atom. The predicted octanol–water partition coefficient (Wildman–Crippen LogP) is 4.40. The van der Waals surface area contributed by atoms with E-state index in [0.29, 0.717) is 0 Å². The van der Waals surface area contributed by atoms with Crippen LogP contribution in [0.3, 0.4) is 0 Å². The Labute approximate surface area is 139 Å². The molecule has 0 saturated carbocycles. The summed E-state index contributed by atoms with van der Waals surface area (Å²) in [6, 6.07) is 17.8. The molecule has 0 atom stereocenters. The Hall–Kier alpha value is -2.46. The average Bonchev–Trinajstić information content (AvgIpc) is 3.04. The summed E-state index contributed by atoms with van der Waals surface area (Å²) >= 11 is 1.56. The van der Waals surface area contributed by atoms with Crippen LogP contribution in [0.2, 0.25) is 0 Å². The summed E-state index contributed by atoms with van der Waals surface area (Å²) in [6.07, 6.45) is 0.287. The van der Waals surface area contributed by atoms with Gasteiger partial charge in [0.05, 0.1) is 12.1 Å². The van der Waals surface area contributed by atoms with Crippen molar-refractivity contribution in [1.29, 1.82) is 0 Å². The van der Waals surface area contributed by atoms with Crippen molar-refractivity contribution in [2.45, 2.75) is 20.0 Å². The number of hydrogen-bond donors (Lipinski definition) is 0. The lowest BCUT2D eigenvalue weighted by molar-refractivity contribution is -0.144. The second kappa shape index (κ2) is 7.20. The zero-order valence-electron chi connectivity index (χ0n) is 12.9. The molecule has 0 N–H and O–H groups in total. The molecule has 0 amide bonds. The van der Waals surface area contributed by atoms with Crippen LogP contribution in [-0.2, 0) is 22.6 Å². The number of ether oxygens (including phenoxy) is 1. The Morgan fingerprint density at radius 2 is 1.83 bits per heavy atom. The molecule has 0 radical (unpaired) electrons. The minimum atomic E-state index is -0.235. The molecule has 3 nitrogen and oxygen atoms in total. The lowest BCUT2D eigenvalue weighted by atomic mass is 10.2. The molecule has 0 aliphatic carbocycles. The SMILES string of the molecule is Cc1ccc(-c2nc(COC(=O)Cc3ccccc3)cs2)cc1. The van der Waals surface area contributed by atoms with E-state index in [1.165, 1.54) is 5.56 Å². The first-order chi connectivity index (χ1) is 11.2. The molecule has 116 valence electrons. The fraction of sp³-hybridized carbons (Fsp3) is 0.158. The molecule has 0 aliphatic heterocycles. The molecule has 3 rings (SSSR count). The average molecular weight is 323 g/mol. The molecule has 4 heteroatoms. The number of rotatable bonds is 5. The van der Waals surface area contributed by atoms with E-state index in [9.17, 15) is 4.79 Å². The number of carbonyl (C=O) groups is 1. The van der Waals surface area contributed by atoms with Crippen molar-refractivity contribution in [3.05, 3.63) is 76.8 Å². The number of carbonyl (C=O) groups excluding carboxylic acids is 1. The summed E-state index contributed by atoms with van der Waals surface area (Å²) in [6.45, 7) is 2.28. The van der Waals surface area contributed by atoms with Crippen molar-refractivity contribution < 1.29 is 9.53 Å². The van der Waals surface area contributed by atoms with E-state index in [1.54, 1.807) is 11.3 Å². The van der Waals surface area contributed by atoms with E-state index in [0.717, 1.165) is 21.8 Å². The van der Waals surface area contributed by atoms with Crippen LogP contribution in [0.1, 0.15) is 16.8 Å². The third kappa shape index (κ3) is 4.27. The second-order valence-electron chi connectivity index (χ2n) is 5.33. The first kappa shape index (κ1) is 15.4. The summed E-state index contributed by atoms with van der Waals surface area (Å²) < 4.78 is 5.31. The lowest BCUT2D eigenvalue weighted by Gasteiger charge is -2.03. The highest BCUT2D eigenvalue weighted by atomic mass is 32.1. The van der Waals surface area contributed by atoms with Gasteiger partial charge in [-0.1, -0.05) is 60.2 Å². The fourth-order valence-electron chi connectivity index (χ4n) is 2.17. The molecule has 0 bridgehead atoms. The normalized spacial score (nSPS) is 10.5. The van der Waals surface area contributed by atoms with Crippen molar-refractivity contribution >= 4 is 17.3 Å². The van der Waals surface area contributed by atoms with Crippen molar-refractivity contribution in [2.24, 2.45) is 0 Å². The number of nitrogens with zero attached hydrogens (tertiary/aromatic N) is 1. The van der Waals surface area contributed by atoms with E-state index >= 15 is 0 Å². The van der Waals surface area contributed by atoms with Gasteiger partial charge in [0.25, 0.3) is 0 Å². The highest BCUT2D eigenvalue weighted by Crippen LogP contribution is 2.24. The zero-order valence-corrected chi connectivity index (χ0v) is 13.7. The molecular weight excluding hydrogens is 306 g/mol. The van der Waals surface area contributed by atoms with Crippen LogP contribution in [-0.4, -0.2) is 11.0 Å². The quantitative estimate of drug-likeness (QED) is 0.653. The molecule has 0 unspecified atom stereocenters. The van der Waals surface area contributed by atoms with Gasteiger partial charge in [0.2, 0.25) is 0 Å². The Morgan fingerprint density at radius 1 is 1.09 bits per heavy atom. The molecule has 23 heavy (non-hydrogen) atoms. The number of hydrogen-bond acceptors (Lipinski definition) is 4. The summed E-state index contributed by atoms with van der Waals surface area (Å²) in [7, 11) is 0. The molecule has 1 heterocycles. The molecule has 0 aliphatic rings. The van der Waals surface area contributed by atoms with Gasteiger partial charge in [0.1, 0.15) is 11.6 Å². The Kier molecular flexibility index (Phi) is 4.83. The minimum Gasteiger partial charge on any atom is -0.459 e. The first-order valence-electron chi connectivity index (χ1n) is 7.42. The number of aryl methyl sites for hydroxylation is 1. The molecule has 3 aromatic rings. The molecule has 0 spiro atoms. The molecule has 0 fully saturated rings. The minimum absolute atomic E-state index is 0.216. The van der Waals surface area contributed by atoms with Gasteiger partial charge in [-0.15, -0.1) is 11.3 Å². The van der Waals surface area contributed by atoms with Gasteiger partial charge >= 0.3 is 5.97 Å².